The Kier molecular flexibility index (Phi) is 8.12. The fourth-order valence-electron chi connectivity index (χ4n) is 8.05. The van der Waals surface area contributed by atoms with Gasteiger partial charge in [-0.3, -0.25) is 4.90 Å². The number of rotatable bonds is 6. The molecule has 2 N–H and O–H groups in total. The van der Waals surface area contributed by atoms with E-state index >= 15 is 0 Å². The SMILES string of the molecule is COC1=C(CO)C(=O)OC1=C1OC2=CCCN3[C@@H]([C@@H](O)[C@@H]4C=CC[C@H](C)C4)C[C@@H](Cc4ccccc4)C[C@@H]3[C@H]2[C@@H]1C. The molecular weight excluding hydrogens is 518 g/mol. The van der Waals surface area contributed by atoms with Crippen LogP contribution in [0, 0.1) is 29.6 Å². The summed E-state index contributed by atoms with van der Waals surface area (Å²) in [6.07, 6.45) is 12.1. The standard InChI is InChI=1S/C34H43NO6/c1-20-9-7-12-24(15-20)30(37)27-18-23(16-22-10-5-4-6-11-22)17-26-29-21(2)31(40-28(29)13-8-14-35(26)27)33-32(39-3)25(19-36)34(38)41-33/h4-7,10-13,20-21,23-24,26-27,29-30,36-37H,8-9,14-19H2,1-3H3/t20-,21-,23-,24+,26+,27+,29+,30-/m0/s1. The Labute approximate surface area is 243 Å². The van der Waals surface area contributed by atoms with Crippen molar-refractivity contribution in [3.05, 3.63) is 82.7 Å². The van der Waals surface area contributed by atoms with Crippen molar-refractivity contribution < 1.29 is 29.2 Å². The first-order chi connectivity index (χ1) is 19.9. The van der Waals surface area contributed by atoms with Crippen molar-refractivity contribution in [3.8, 4) is 0 Å². The highest BCUT2D eigenvalue weighted by Crippen LogP contribution is 2.51. The van der Waals surface area contributed by atoms with Crippen LogP contribution in [0.3, 0.4) is 0 Å². The number of piperidine rings is 1. The van der Waals surface area contributed by atoms with E-state index in [0.717, 1.165) is 50.8 Å². The van der Waals surface area contributed by atoms with E-state index in [1.807, 2.05) is 0 Å². The number of esters is 1. The average Bonchev–Trinajstić information content (AvgIpc) is 3.40. The lowest BCUT2D eigenvalue weighted by molar-refractivity contribution is -0.133. The van der Waals surface area contributed by atoms with Crippen LogP contribution in [0.15, 0.2) is 77.2 Å². The first-order valence-electron chi connectivity index (χ1n) is 15.3. The molecule has 1 aromatic carbocycles. The predicted octanol–water partition coefficient (Wildman–Crippen LogP) is 4.87. The Balaban J connectivity index is 1.35. The molecule has 8 atom stereocenters. The minimum Gasteiger partial charge on any atom is -0.492 e. The highest BCUT2D eigenvalue weighted by molar-refractivity contribution is 5.94. The number of hydrogen-bond acceptors (Lipinski definition) is 7. The fraction of sp³-hybridized carbons (Fsp3) is 0.559. The van der Waals surface area contributed by atoms with E-state index in [4.69, 9.17) is 14.2 Å². The summed E-state index contributed by atoms with van der Waals surface area (Å²) in [6.45, 7) is 4.84. The third kappa shape index (κ3) is 5.28. The lowest BCUT2D eigenvalue weighted by atomic mass is 9.72. The number of allylic oxidation sites excluding steroid dienone is 2. The van der Waals surface area contributed by atoms with Gasteiger partial charge in [0.1, 0.15) is 11.3 Å². The first-order valence-corrected chi connectivity index (χ1v) is 15.3. The molecule has 1 aromatic rings. The van der Waals surface area contributed by atoms with Crippen molar-refractivity contribution in [1.29, 1.82) is 0 Å². The third-order valence-electron chi connectivity index (χ3n) is 9.96. The van der Waals surface area contributed by atoms with E-state index in [2.05, 4.69) is 67.3 Å². The normalized spacial score (nSPS) is 36.2. The zero-order valence-corrected chi connectivity index (χ0v) is 24.4. The molecule has 5 aliphatic rings. The van der Waals surface area contributed by atoms with Crippen LogP contribution >= 0.6 is 0 Å². The quantitative estimate of drug-likeness (QED) is 0.378. The Bertz CT molecular complexity index is 1270. The van der Waals surface area contributed by atoms with Gasteiger partial charge in [-0.05, 0) is 62.0 Å². The summed E-state index contributed by atoms with van der Waals surface area (Å²) in [5.74, 6) is 2.60. The summed E-state index contributed by atoms with van der Waals surface area (Å²) in [6, 6.07) is 10.9. The maximum Gasteiger partial charge on any atom is 0.345 e. The second-order valence-electron chi connectivity index (χ2n) is 12.6. The van der Waals surface area contributed by atoms with Crippen molar-refractivity contribution in [1.82, 2.24) is 4.90 Å². The van der Waals surface area contributed by atoms with Crippen molar-refractivity contribution in [3.63, 3.8) is 0 Å². The zero-order valence-electron chi connectivity index (χ0n) is 24.4. The minimum atomic E-state index is -0.594. The number of fused-ring (bicyclic) bond motifs is 3. The maximum atomic E-state index is 12.5. The van der Waals surface area contributed by atoms with Crippen molar-refractivity contribution in [2.45, 2.75) is 70.6 Å². The number of carbonyl (C=O) groups is 1. The summed E-state index contributed by atoms with van der Waals surface area (Å²) in [7, 11) is 1.48. The molecule has 0 spiro atoms. The van der Waals surface area contributed by atoms with Gasteiger partial charge in [-0.2, -0.15) is 0 Å². The molecule has 0 saturated carbocycles. The largest absolute Gasteiger partial charge is 0.492 e. The molecule has 0 bridgehead atoms. The zero-order chi connectivity index (χ0) is 28.7. The van der Waals surface area contributed by atoms with Crippen LogP contribution in [0.25, 0.3) is 0 Å². The van der Waals surface area contributed by atoms with Gasteiger partial charge in [-0.1, -0.05) is 56.3 Å². The Morgan fingerprint density at radius 3 is 2.66 bits per heavy atom. The van der Waals surface area contributed by atoms with Gasteiger partial charge in [-0.25, -0.2) is 4.79 Å². The average molecular weight is 562 g/mol. The van der Waals surface area contributed by atoms with Gasteiger partial charge in [0.2, 0.25) is 5.76 Å². The summed E-state index contributed by atoms with van der Waals surface area (Å²) in [4.78, 5) is 15.1. The Hall–Kier alpha value is -2.87. The molecule has 1 aliphatic carbocycles. The van der Waals surface area contributed by atoms with Crippen LogP contribution in [0.2, 0.25) is 0 Å². The smallest absolute Gasteiger partial charge is 0.345 e. The highest BCUT2D eigenvalue weighted by Gasteiger charge is 2.52. The van der Waals surface area contributed by atoms with Gasteiger partial charge in [0, 0.05) is 36.4 Å². The van der Waals surface area contributed by atoms with Gasteiger partial charge in [0.15, 0.2) is 11.5 Å². The van der Waals surface area contributed by atoms with E-state index in [9.17, 15) is 15.0 Å². The minimum absolute atomic E-state index is 0.0544. The number of cyclic esters (lactones) is 1. The van der Waals surface area contributed by atoms with Crippen molar-refractivity contribution in [2.75, 3.05) is 20.3 Å². The van der Waals surface area contributed by atoms with Crippen LogP contribution in [0.1, 0.15) is 51.5 Å². The molecule has 2 fully saturated rings. The van der Waals surface area contributed by atoms with Gasteiger partial charge in [0.25, 0.3) is 0 Å². The van der Waals surface area contributed by atoms with Crippen molar-refractivity contribution >= 4 is 5.97 Å². The van der Waals surface area contributed by atoms with Gasteiger partial charge in [-0.15, -0.1) is 0 Å². The van der Waals surface area contributed by atoms with Gasteiger partial charge < -0.3 is 24.4 Å². The van der Waals surface area contributed by atoms with Gasteiger partial charge in [0.05, 0.1) is 19.8 Å². The Morgan fingerprint density at radius 2 is 1.93 bits per heavy atom. The lowest BCUT2D eigenvalue weighted by Gasteiger charge is -2.50. The van der Waals surface area contributed by atoms with Crippen LogP contribution in [0.5, 0.6) is 0 Å². The molecule has 0 radical (unpaired) electrons. The van der Waals surface area contributed by atoms with Crippen LogP contribution < -0.4 is 0 Å². The Morgan fingerprint density at radius 1 is 1.12 bits per heavy atom. The van der Waals surface area contributed by atoms with Crippen LogP contribution in [0.4, 0.5) is 0 Å². The number of methoxy groups -OCH3 is 1. The summed E-state index contributed by atoms with van der Waals surface area (Å²) in [5.41, 5.74) is 1.45. The first kappa shape index (κ1) is 28.3. The molecule has 220 valence electrons. The van der Waals surface area contributed by atoms with Gasteiger partial charge >= 0.3 is 5.97 Å². The molecule has 41 heavy (non-hydrogen) atoms. The number of hydrogen-bond donors (Lipinski definition) is 2. The number of benzene rings is 1. The summed E-state index contributed by atoms with van der Waals surface area (Å²) >= 11 is 0. The molecule has 0 unspecified atom stereocenters. The molecule has 7 nitrogen and oxygen atoms in total. The second-order valence-corrected chi connectivity index (χ2v) is 12.6. The van der Waals surface area contributed by atoms with E-state index in [-0.39, 0.29) is 46.9 Å². The molecule has 4 aliphatic heterocycles. The molecule has 4 heterocycles. The van der Waals surface area contributed by atoms with Crippen LogP contribution in [-0.4, -0.2) is 59.5 Å². The predicted molar refractivity (Wildman–Crippen MR) is 155 cm³/mol. The number of carbonyl (C=O) groups excluding carboxylic acids is 1. The molecule has 7 heteroatoms. The van der Waals surface area contributed by atoms with E-state index < -0.39 is 18.7 Å². The lowest BCUT2D eigenvalue weighted by Crippen LogP contribution is -2.58. The number of aliphatic hydroxyl groups excluding tert-OH is 2. The highest BCUT2D eigenvalue weighted by atomic mass is 16.6. The second kappa shape index (κ2) is 11.8. The topological polar surface area (TPSA) is 88.5 Å². The molecule has 0 aromatic heterocycles. The molecule has 6 rings (SSSR count). The van der Waals surface area contributed by atoms with Crippen molar-refractivity contribution in [2.24, 2.45) is 29.6 Å². The van der Waals surface area contributed by atoms with E-state index in [1.165, 1.54) is 12.7 Å². The fourth-order valence-corrected chi connectivity index (χ4v) is 8.05. The number of ether oxygens (including phenoxy) is 3. The maximum absolute atomic E-state index is 12.5. The third-order valence-corrected chi connectivity index (χ3v) is 9.96. The molecule has 0 amide bonds. The molecule has 2 saturated heterocycles. The van der Waals surface area contributed by atoms with Crippen LogP contribution in [-0.2, 0) is 25.4 Å². The number of nitrogens with zero attached hydrogens (tertiary/aromatic N) is 1. The van der Waals surface area contributed by atoms with E-state index in [0.29, 0.717) is 17.6 Å². The molecular formula is C34H43NO6. The summed E-state index contributed by atoms with van der Waals surface area (Å²) < 4.78 is 17.6. The van der Waals surface area contributed by atoms with E-state index in [1.54, 1.807) is 0 Å². The number of aliphatic hydroxyl groups is 2. The monoisotopic (exact) mass is 561 g/mol. The summed E-state index contributed by atoms with van der Waals surface area (Å²) in [5, 5.41) is 21.7.